The molecule has 0 saturated carbocycles. The summed E-state index contributed by atoms with van der Waals surface area (Å²) in [5.74, 6) is 1.10. The lowest BCUT2D eigenvalue weighted by Crippen LogP contribution is -2.02. The number of carbonyl (C=O) groups is 1. The molecule has 0 amide bonds. The van der Waals surface area contributed by atoms with Crippen molar-refractivity contribution in [3.05, 3.63) is 54.1 Å². The van der Waals surface area contributed by atoms with Crippen LogP contribution in [0.2, 0.25) is 0 Å². The number of ketones is 1. The van der Waals surface area contributed by atoms with E-state index in [1.54, 1.807) is 55.6 Å². The van der Waals surface area contributed by atoms with Gasteiger partial charge in [-0.3, -0.25) is 4.79 Å². The smallest absolute Gasteiger partial charge is 0.277 e. The topological polar surface area (TPSA) is 85.5 Å². The van der Waals surface area contributed by atoms with Gasteiger partial charge in [-0.05, 0) is 36.4 Å². The number of nitrogens with zero attached hydrogens (tertiary/aromatic N) is 2. The summed E-state index contributed by atoms with van der Waals surface area (Å²) in [4.78, 5) is 12.2. The molecule has 3 rings (SSSR count). The molecule has 0 aliphatic rings. The lowest BCUT2D eigenvalue weighted by Gasteiger charge is -2.01. The molecular weight excluding hydrogens is 328 g/mol. The summed E-state index contributed by atoms with van der Waals surface area (Å²) in [7, 11) is 1.57. The number of Topliss-reactive ketones (excluding diaryl/α,β-unsaturated/α-hetero) is 1. The molecule has 0 bridgehead atoms. The number of aromatic hydroxyl groups is 1. The minimum absolute atomic E-state index is 0.0510. The van der Waals surface area contributed by atoms with Crippen LogP contribution in [0.15, 0.2) is 58.2 Å². The number of carbonyl (C=O) groups excluding carboxylic acids is 1. The quantitative estimate of drug-likeness (QED) is 0.542. The largest absolute Gasteiger partial charge is 0.507 e. The number of ether oxygens (including phenoxy) is 1. The van der Waals surface area contributed by atoms with Crippen LogP contribution in [0.3, 0.4) is 0 Å². The van der Waals surface area contributed by atoms with E-state index in [0.717, 1.165) is 11.8 Å². The molecule has 1 aromatic heterocycles. The van der Waals surface area contributed by atoms with Gasteiger partial charge in [0.15, 0.2) is 5.78 Å². The van der Waals surface area contributed by atoms with Crippen LogP contribution in [0.5, 0.6) is 11.5 Å². The fraction of sp³-hybridized carbons (Fsp3) is 0.118. The Labute approximate surface area is 142 Å². The maximum atomic E-state index is 12.2. The Morgan fingerprint density at radius 3 is 2.62 bits per heavy atom. The normalized spacial score (nSPS) is 10.5. The molecule has 7 heteroatoms. The second-order valence-corrected chi connectivity index (χ2v) is 5.76. The van der Waals surface area contributed by atoms with Gasteiger partial charge >= 0.3 is 0 Å². The van der Waals surface area contributed by atoms with Crippen LogP contribution in [-0.4, -0.2) is 33.9 Å². The number of hydrogen-bond acceptors (Lipinski definition) is 7. The number of hydrogen-bond donors (Lipinski definition) is 1. The molecular formula is C17H14N2O4S. The second-order valence-electron chi connectivity index (χ2n) is 4.83. The Balaban J connectivity index is 1.65. The molecule has 0 saturated heterocycles. The van der Waals surface area contributed by atoms with Gasteiger partial charge in [0.05, 0.1) is 18.4 Å². The van der Waals surface area contributed by atoms with E-state index in [1.165, 1.54) is 0 Å². The lowest BCUT2D eigenvalue weighted by molar-refractivity contribution is 0.102. The molecule has 3 aromatic rings. The van der Waals surface area contributed by atoms with E-state index in [4.69, 9.17) is 9.15 Å². The molecule has 0 aliphatic carbocycles. The van der Waals surface area contributed by atoms with E-state index >= 15 is 0 Å². The molecule has 6 nitrogen and oxygen atoms in total. The minimum atomic E-state index is -0.0510. The van der Waals surface area contributed by atoms with Crippen molar-refractivity contribution < 1.29 is 19.1 Å². The predicted octanol–water partition coefficient (Wildman–Crippen LogP) is 3.43. The Bertz CT molecular complexity index is 846. The van der Waals surface area contributed by atoms with Crippen molar-refractivity contribution in [3.63, 3.8) is 0 Å². The van der Waals surface area contributed by atoms with Crippen molar-refractivity contribution in [3.8, 4) is 23.0 Å². The van der Waals surface area contributed by atoms with E-state index in [9.17, 15) is 9.90 Å². The molecule has 0 atom stereocenters. The lowest BCUT2D eigenvalue weighted by atomic mass is 10.1. The molecule has 2 aromatic carbocycles. The van der Waals surface area contributed by atoms with Gasteiger partial charge in [-0.1, -0.05) is 23.9 Å². The van der Waals surface area contributed by atoms with Gasteiger partial charge < -0.3 is 14.3 Å². The van der Waals surface area contributed by atoms with Crippen LogP contribution in [0, 0.1) is 0 Å². The third kappa shape index (κ3) is 3.57. The maximum absolute atomic E-state index is 12.2. The summed E-state index contributed by atoms with van der Waals surface area (Å²) in [6, 6.07) is 13.6. The summed E-state index contributed by atoms with van der Waals surface area (Å²) in [5.41, 5.74) is 1.04. The number of methoxy groups -OCH3 is 1. The first-order valence-corrected chi connectivity index (χ1v) is 8.08. The van der Waals surface area contributed by atoms with Crippen LogP contribution >= 0.6 is 11.8 Å². The van der Waals surface area contributed by atoms with Gasteiger partial charge in [-0.15, -0.1) is 10.2 Å². The summed E-state index contributed by atoms with van der Waals surface area (Å²) in [6.45, 7) is 0. The van der Waals surface area contributed by atoms with Crippen LogP contribution in [0.1, 0.15) is 10.4 Å². The van der Waals surface area contributed by atoms with Crippen LogP contribution < -0.4 is 4.74 Å². The minimum Gasteiger partial charge on any atom is -0.507 e. The summed E-state index contributed by atoms with van der Waals surface area (Å²) >= 11 is 1.15. The summed E-state index contributed by atoms with van der Waals surface area (Å²) in [6.07, 6.45) is 0. The van der Waals surface area contributed by atoms with Gasteiger partial charge in [0, 0.05) is 5.56 Å². The first-order chi connectivity index (χ1) is 11.7. The Morgan fingerprint density at radius 1 is 1.17 bits per heavy atom. The van der Waals surface area contributed by atoms with E-state index in [2.05, 4.69) is 10.2 Å². The van der Waals surface area contributed by atoms with Crippen molar-refractivity contribution in [2.75, 3.05) is 12.9 Å². The van der Waals surface area contributed by atoms with Crippen molar-refractivity contribution in [1.82, 2.24) is 10.2 Å². The maximum Gasteiger partial charge on any atom is 0.277 e. The van der Waals surface area contributed by atoms with Crippen molar-refractivity contribution in [1.29, 1.82) is 0 Å². The predicted molar refractivity (Wildman–Crippen MR) is 89.4 cm³/mol. The number of rotatable bonds is 6. The highest BCUT2D eigenvalue weighted by molar-refractivity contribution is 7.99. The number of aromatic nitrogens is 2. The average Bonchev–Trinajstić information content (AvgIpc) is 3.09. The zero-order valence-electron chi connectivity index (χ0n) is 12.8. The van der Waals surface area contributed by atoms with E-state index in [1.807, 2.05) is 0 Å². The van der Waals surface area contributed by atoms with Crippen LogP contribution in [-0.2, 0) is 0 Å². The van der Waals surface area contributed by atoms with E-state index in [0.29, 0.717) is 16.9 Å². The molecule has 0 spiro atoms. The summed E-state index contributed by atoms with van der Waals surface area (Å²) in [5, 5.41) is 17.8. The van der Waals surface area contributed by atoms with Gasteiger partial charge in [-0.2, -0.15) is 0 Å². The highest BCUT2D eigenvalue weighted by Gasteiger charge is 2.14. The third-order valence-corrected chi connectivity index (χ3v) is 4.10. The fourth-order valence-corrected chi connectivity index (χ4v) is 2.68. The first kappa shape index (κ1) is 16.1. The third-order valence-electron chi connectivity index (χ3n) is 3.28. The molecule has 1 heterocycles. The Hall–Kier alpha value is -2.80. The highest BCUT2D eigenvalue weighted by atomic mass is 32.2. The number of phenols is 1. The Morgan fingerprint density at radius 2 is 1.92 bits per heavy atom. The number of benzene rings is 2. The average molecular weight is 342 g/mol. The van der Waals surface area contributed by atoms with Crippen molar-refractivity contribution in [2.24, 2.45) is 0 Å². The molecule has 24 heavy (non-hydrogen) atoms. The monoisotopic (exact) mass is 342 g/mol. The van der Waals surface area contributed by atoms with Crippen molar-refractivity contribution >= 4 is 17.5 Å². The van der Waals surface area contributed by atoms with Crippen LogP contribution in [0.25, 0.3) is 11.5 Å². The van der Waals surface area contributed by atoms with Gasteiger partial charge in [-0.25, -0.2) is 0 Å². The van der Waals surface area contributed by atoms with Crippen LogP contribution in [0.4, 0.5) is 0 Å². The van der Waals surface area contributed by atoms with Gasteiger partial charge in [0.25, 0.3) is 11.1 Å². The number of para-hydroxylation sites is 1. The summed E-state index contributed by atoms with van der Waals surface area (Å²) < 4.78 is 10.5. The zero-order valence-corrected chi connectivity index (χ0v) is 13.6. The van der Waals surface area contributed by atoms with E-state index in [-0.39, 0.29) is 28.4 Å². The molecule has 0 unspecified atom stereocenters. The second kappa shape index (κ2) is 7.18. The first-order valence-electron chi connectivity index (χ1n) is 7.09. The molecule has 0 fully saturated rings. The number of thioether (sulfide) groups is 1. The van der Waals surface area contributed by atoms with Gasteiger partial charge in [0.2, 0.25) is 0 Å². The fourth-order valence-electron chi connectivity index (χ4n) is 2.02. The highest BCUT2D eigenvalue weighted by Crippen LogP contribution is 2.29. The van der Waals surface area contributed by atoms with Gasteiger partial charge in [0.1, 0.15) is 11.5 Å². The SMILES string of the molecule is COc1ccc(C(=O)CSc2nnc(-c3ccccc3O)o2)cc1. The zero-order chi connectivity index (χ0) is 16.9. The molecule has 122 valence electrons. The standard InChI is InChI=1S/C17H14N2O4S/c1-22-12-8-6-11(7-9-12)15(21)10-24-17-19-18-16(23-17)13-4-2-3-5-14(13)20/h2-9,20H,10H2,1H3. The molecule has 0 radical (unpaired) electrons. The molecule has 0 aliphatic heterocycles. The van der Waals surface area contributed by atoms with E-state index < -0.39 is 0 Å². The molecule has 1 N–H and O–H groups in total. The van der Waals surface area contributed by atoms with Crippen molar-refractivity contribution in [2.45, 2.75) is 5.22 Å². The Kier molecular flexibility index (Phi) is 4.81. The number of phenolic OH excluding ortho intramolecular Hbond substituents is 1.